The van der Waals surface area contributed by atoms with Crippen molar-refractivity contribution in [1.82, 2.24) is 4.57 Å². The summed E-state index contributed by atoms with van der Waals surface area (Å²) in [5, 5.41) is 0.811. The molecule has 0 unspecified atom stereocenters. The van der Waals surface area contributed by atoms with E-state index in [2.05, 4.69) is 32.9 Å². The summed E-state index contributed by atoms with van der Waals surface area (Å²) in [7, 11) is 1.75. The smallest absolute Gasteiger partial charge is 0.297 e. The maximum Gasteiger partial charge on any atom is 0.297 e. The van der Waals surface area contributed by atoms with Crippen molar-refractivity contribution in [2.75, 3.05) is 6.61 Å². The van der Waals surface area contributed by atoms with Crippen molar-refractivity contribution in [3.05, 3.63) is 87.7 Å². The van der Waals surface area contributed by atoms with Gasteiger partial charge in [0.2, 0.25) is 5.75 Å². The van der Waals surface area contributed by atoms with Gasteiger partial charge in [0.25, 0.3) is 5.56 Å². The molecule has 5 heteroatoms. The van der Waals surface area contributed by atoms with E-state index in [-0.39, 0.29) is 17.4 Å². The van der Waals surface area contributed by atoms with Crippen LogP contribution in [0.2, 0.25) is 0 Å². The van der Waals surface area contributed by atoms with Gasteiger partial charge in [-0.05, 0) is 71.2 Å². The van der Waals surface area contributed by atoms with E-state index in [1.54, 1.807) is 11.6 Å². The van der Waals surface area contributed by atoms with Crippen molar-refractivity contribution >= 4 is 10.9 Å². The molecule has 5 nitrogen and oxygen atoms in total. The van der Waals surface area contributed by atoms with Crippen LogP contribution in [0.1, 0.15) is 53.0 Å². The molecule has 0 N–H and O–H groups in total. The minimum atomic E-state index is -0.231. The van der Waals surface area contributed by atoms with Gasteiger partial charge in [-0.15, -0.1) is 0 Å². The number of ether oxygens (including phenoxy) is 3. The first-order valence-electron chi connectivity index (χ1n) is 12.2. The lowest BCUT2D eigenvalue weighted by molar-refractivity contribution is 0.222. The molecule has 1 heterocycles. The van der Waals surface area contributed by atoms with Gasteiger partial charge >= 0.3 is 0 Å². The van der Waals surface area contributed by atoms with Crippen LogP contribution in [0.15, 0.2) is 76.6 Å². The summed E-state index contributed by atoms with van der Waals surface area (Å²) < 4.78 is 19.7. The van der Waals surface area contributed by atoms with Gasteiger partial charge < -0.3 is 18.8 Å². The lowest BCUT2D eigenvalue weighted by Gasteiger charge is -2.18. The maximum absolute atomic E-state index is 13.2. The van der Waals surface area contributed by atoms with Crippen LogP contribution in [0.4, 0.5) is 0 Å². The summed E-state index contributed by atoms with van der Waals surface area (Å²) in [6.45, 7) is 10.9. The molecule has 0 amide bonds. The average Bonchev–Trinajstić information content (AvgIpc) is 2.83. The fraction of sp³-hybridized carbons (Fsp3) is 0.367. The van der Waals surface area contributed by atoms with Crippen molar-refractivity contribution in [2.24, 2.45) is 7.05 Å². The summed E-state index contributed by atoms with van der Waals surface area (Å²) in [6.07, 6.45) is 6.13. The van der Waals surface area contributed by atoms with E-state index in [9.17, 15) is 4.79 Å². The number of hydrogen-bond donors (Lipinski definition) is 0. The Morgan fingerprint density at radius 3 is 2.40 bits per heavy atom. The first kappa shape index (κ1) is 26.1. The summed E-state index contributed by atoms with van der Waals surface area (Å²) in [5.74, 6) is 1.40. The third kappa shape index (κ3) is 7.25. The summed E-state index contributed by atoms with van der Waals surface area (Å²) in [4.78, 5) is 13.2. The molecule has 0 aliphatic heterocycles. The number of aromatic nitrogens is 1. The van der Waals surface area contributed by atoms with Crippen LogP contribution < -0.4 is 19.8 Å². The Labute approximate surface area is 208 Å². The summed E-state index contributed by atoms with van der Waals surface area (Å²) in [5.41, 5.74) is 4.15. The SMILES string of the molecule is CC(C)=CCC/C(C)=C/COc1c(OC(C)C)c(=O)n(C)c2cc(OCc3ccccc3)ccc12. The van der Waals surface area contributed by atoms with E-state index in [0.717, 1.165) is 29.3 Å². The molecule has 3 rings (SSSR count). The van der Waals surface area contributed by atoms with Crippen LogP contribution in [0.5, 0.6) is 17.2 Å². The van der Waals surface area contributed by atoms with Crippen LogP contribution in [0.25, 0.3) is 10.9 Å². The molecule has 3 aromatic rings. The number of benzene rings is 2. The molecule has 0 spiro atoms. The third-order valence-electron chi connectivity index (χ3n) is 5.63. The summed E-state index contributed by atoms with van der Waals surface area (Å²) in [6, 6.07) is 15.7. The van der Waals surface area contributed by atoms with Crippen molar-refractivity contribution in [3.63, 3.8) is 0 Å². The van der Waals surface area contributed by atoms with Crippen LogP contribution in [-0.4, -0.2) is 17.3 Å². The number of nitrogens with zero attached hydrogens (tertiary/aromatic N) is 1. The maximum atomic E-state index is 13.2. The molecule has 0 bridgehead atoms. The second-order valence-corrected chi connectivity index (χ2v) is 9.32. The third-order valence-corrected chi connectivity index (χ3v) is 5.63. The minimum absolute atomic E-state index is 0.155. The summed E-state index contributed by atoms with van der Waals surface area (Å²) >= 11 is 0. The standard InChI is InChI=1S/C30H37NO4/c1-21(2)11-10-12-23(5)17-18-33-28-26-16-15-25(34-20-24-13-8-7-9-14-24)19-27(26)31(6)30(32)29(28)35-22(3)4/h7-9,11,13-17,19,22H,10,12,18,20H2,1-6H3/b23-17+. The topological polar surface area (TPSA) is 49.7 Å². The number of fused-ring (bicyclic) bond motifs is 1. The Morgan fingerprint density at radius 1 is 0.971 bits per heavy atom. The van der Waals surface area contributed by atoms with E-state index in [1.165, 1.54) is 11.1 Å². The van der Waals surface area contributed by atoms with Crippen LogP contribution >= 0.6 is 0 Å². The molecular formula is C30H37NO4. The molecule has 0 aliphatic carbocycles. The van der Waals surface area contributed by atoms with Gasteiger partial charge in [0.15, 0.2) is 5.75 Å². The molecule has 2 aromatic carbocycles. The lowest BCUT2D eigenvalue weighted by atomic mass is 10.1. The van der Waals surface area contributed by atoms with Crippen LogP contribution in [0.3, 0.4) is 0 Å². The molecular weight excluding hydrogens is 438 g/mol. The van der Waals surface area contributed by atoms with Gasteiger partial charge in [0, 0.05) is 18.5 Å². The van der Waals surface area contributed by atoms with E-state index >= 15 is 0 Å². The van der Waals surface area contributed by atoms with Gasteiger partial charge in [0.05, 0.1) is 11.6 Å². The van der Waals surface area contributed by atoms with Crippen molar-refractivity contribution in [1.29, 1.82) is 0 Å². The zero-order valence-corrected chi connectivity index (χ0v) is 21.8. The number of allylic oxidation sites excluding steroid dienone is 3. The van der Waals surface area contributed by atoms with E-state index in [0.29, 0.717) is 24.7 Å². The molecule has 186 valence electrons. The van der Waals surface area contributed by atoms with Crippen LogP contribution in [0, 0.1) is 0 Å². The van der Waals surface area contributed by atoms with Crippen molar-refractivity contribution in [2.45, 2.75) is 60.2 Å². The highest BCUT2D eigenvalue weighted by molar-refractivity contribution is 5.89. The molecule has 0 atom stereocenters. The molecule has 0 fully saturated rings. The highest BCUT2D eigenvalue weighted by atomic mass is 16.5. The Bertz CT molecular complexity index is 1250. The molecule has 0 saturated carbocycles. The fourth-order valence-electron chi connectivity index (χ4n) is 3.73. The van der Waals surface area contributed by atoms with Gasteiger partial charge in [-0.3, -0.25) is 4.79 Å². The number of aryl methyl sites for hydroxylation is 1. The normalized spacial score (nSPS) is 11.6. The number of pyridine rings is 1. The first-order valence-corrected chi connectivity index (χ1v) is 12.2. The van der Waals surface area contributed by atoms with Gasteiger partial charge in [-0.2, -0.15) is 0 Å². The Hall–Kier alpha value is -3.47. The fourth-order valence-corrected chi connectivity index (χ4v) is 3.73. The second-order valence-electron chi connectivity index (χ2n) is 9.32. The Morgan fingerprint density at radius 2 is 1.71 bits per heavy atom. The average molecular weight is 476 g/mol. The second kappa shape index (κ2) is 12.3. The van der Waals surface area contributed by atoms with E-state index < -0.39 is 0 Å². The van der Waals surface area contributed by atoms with Gasteiger partial charge in [0.1, 0.15) is 19.0 Å². The highest BCUT2D eigenvalue weighted by Gasteiger charge is 2.20. The Kier molecular flexibility index (Phi) is 9.18. The van der Waals surface area contributed by atoms with Crippen molar-refractivity contribution in [3.8, 4) is 17.2 Å². The zero-order chi connectivity index (χ0) is 25.4. The molecule has 0 radical (unpaired) electrons. The quantitative estimate of drug-likeness (QED) is 0.281. The largest absolute Gasteiger partial charge is 0.489 e. The molecule has 0 aliphatic rings. The molecule has 1 aromatic heterocycles. The first-order chi connectivity index (χ1) is 16.8. The lowest BCUT2D eigenvalue weighted by Crippen LogP contribution is -2.23. The minimum Gasteiger partial charge on any atom is -0.489 e. The predicted octanol–water partition coefficient (Wildman–Crippen LogP) is 6.98. The predicted molar refractivity (Wildman–Crippen MR) is 144 cm³/mol. The highest BCUT2D eigenvalue weighted by Crippen LogP contribution is 2.35. The number of rotatable bonds is 11. The van der Waals surface area contributed by atoms with Gasteiger partial charge in [-0.1, -0.05) is 47.6 Å². The molecule has 35 heavy (non-hydrogen) atoms. The van der Waals surface area contributed by atoms with E-state index in [1.807, 2.05) is 62.4 Å². The van der Waals surface area contributed by atoms with Crippen molar-refractivity contribution < 1.29 is 14.2 Å². The zero-order valence-electron chi connectivity index (χ0n) is 21.8. The van der Waals surface area contributed by atoms with Crippen LogP contribution in [-0.2, 0) is 13.7 Å². The van der Waals surface area contributed by atoms with Gasteiger partial charge in [-0.25, -0.2) is 0 Å². The monoisotopic (exact) mass is 475 g/mol. The Balaban J connectivity index is 1.90. The van der Waals surface area contributed by atoms with E-state index in [4.69, 9.17) is 14.2 Å². The molecule has 0 saturated heterocycles. The number of hydrogen-bond acceptors (Lipinski definition) is 4.